The zero-order valence-corrected chi connectivity index (χ0v) is 10.6. The maximum atomic E-state index is 13.5. The number of aliphatic hydroxyl groups is 1. The van der Waals surface area contributed by atoms with Crippen LogP contribution in [0, 0.1) is 22.6 Å². The zero-order chi connectivity index (χ0) is 13.3. The van der Waals surface area contributed by atoms with E-state index in [-0.39, 0.29) is 23.4 Å². The van der Waals surface area contributed by atoms with Crippen LogP contribution in [0.15, 0.2) is 18.2 Å². The van der Waals surface area contributed by atoms with E-state index < -0.39 is 0 Å². The number of halogens is 1. The zero-order valence-electron chi connectivity index (χ0n) is 10.6. The van der Waals surface area contributed by atoms with Gasteiger partial charge in [-0.25, -0.2) is 4.39 Å². The van der Waals surface area contributed by atoms with Crippen LogP contribution in [0.2, 0.25) is 0 Å². The van der Waals surface area contributed by atoms with E-state index in [1.165, 1.54) is 12.1 Å². The molecule has 2 N–H and O–H groups in total. The van der Waals surface area contributed by atoms with Crippen LogP contribution in [-0.2, 0) is 6.54 Å². The fraction of sp³-hybridized carbons (Fsp3) is 0.500. The van der Waals surface area contributed by atoms with Crippen molar-refractivity contribution in [1.29, 1.82) is 5.26 Å². The first kappa shape index (κ1) is 13.0. The lowest BCUT2D eigenvalue weighted by Gasteiger charge is -2.49. The van der Waals surface area contributed by atoms with Crippen LogP contribution in [0.5, 0.6) is 0 Å². The van der Waals surface area contributed by atoms with Crippen molar-refractivity contribution in [2.24, 2.45) is 5.41 Å². The second-order valence-electron chi connectivity index (χ2n) is 5.42. The van der Waals surface area contributed by atoms with Crippen molar-refractivity contribution in [3.8, 4) is 6.07 Å². The topological polar surface area (TPSA) is 56.0 Å². The Balaban J connectivity index is 2.01. The highest BCUT2D eigenvalue weighted by atomic mass is 19.1. The molecule has 0 aliphatic heterocycles. The molecule has 1 saturated carbocycles. The summed E-state index contributed by atoms with van der Waals surface area (Å²) in [4.78, 5) is 0. The lowest BCUT2D eigenvalue weighted by atomic mass is 9.64. The smallest absolute Gasteiger partial charge is 0.127 e. The summed E-state index contributed by atoms with van der Waals surface area (Å²) in [5.74, 6) is -0.306. The van der Waals surface area contributed by atoms with Crippen molar-refractivity contribution in [3.05, 3.63) is 35.1 Å². The number of hydrogen-bond acceptors (Lipinski definition) is 3. The minimum absolute atomic E-state index is 0.177. The van der Waals surface area contributed by atoms with Gasteiger partial charge in [-0.2, -0.15) is 5.26 Å². The molecule has 0 aromatic heterocycles. The van der Waals surface area contributed by atoms with Crippen molar-refractivity contribution < 1.29 is 9.50 Å². The van der Waals surface area contributed by atoms with Crippen molar-refractivity contribution in [2.75, 3.05) is 0 Å². The molecular formula is C14H17FN2O. The Morgan fingerprint density at radius 1 is 1.56 bits per heavy atom. The summed E-state index contributed by atoms with van der Waals surface area (Å²) >= 11 is 0. The fourth-order valence-corrected chi connectivity index (χ4v) is 2.26. The van der Waals surface area contributed by atoms with E-state index in [2.05, 4.69) is 5.32 Å². The van der Waals surface area contributed by atoms with Gasteiger partial charge in [-0.3, -0.25) is 0 Å². The lowest BCUT2D eigenvalue weighted by molar-refractivity contribution is -0.0730. The molecule has 96 valence electrons. The third-order valence-electron chi connectivity index (χ3n) is 3.93. The molecule has 1 aliphatic rings. The molecule has 1 aromatic rings. The number of rotatable bonds is 3. The van der Waals surface area contributed by atoms with Crippen LogP contribution in [-0.4, -0.2) is 17.3 Å². The maximum Gasteiger partial charge on any atom is 0.127 e. The van der Waals surface area contributed by atoms with E-state index in [1.54, 1.807) is 6.07 Å². The van der Waals surface area contributed by atoms with E-state index >= 15 is 0 Å². The van der Waals surface area contributed by atoms with E-state index in [1.807, 2.05) is 19.9 Å². The highest BCUT2D eigenvalue weighted by Gasteiger charge is 2.46. The van der Waals surface area contributed by atoms with Crippen LogP contribution in [0.3, 0.4) is 0 Å². The molecule has 0 radical (unpaired) electrons. The van der Waals surface area contributed by atoms with Gasteiger partial charge in [-0.05, 0) is 24.6 Å². The molecular weight excluding hydrogens is 231 g/mol. The fourth-order valence-electron chi connectivity index (χ4n) is 2.26. The first-order valence-corrected chi connectivity index (χ1v) is 6.05. The van der Waals surface area contributed by atoms with Gasteiger partial charge in [-0.15, -0.1) is 0 Å². The molecule has 0 heterocycles. The van der Waals surface area contributed by atoms with Gasteiger partial charge in [0.2, 0.25) is 0 Å². The second-order valence-corrected chi connectivity index (χ2v) is 5.42. The van der Waals surface area contributed by atoms with Crippen LogP contribution in [0.25, 0.3) is 0 Å². The summed E-state index contributed by atoms with van der Waals surface area (Å²) in [5.41, 5.74) is 0.774. The minimum atomic E-state index is -0.306. The molecule has 18 heavy (non-hydrogen) atoms. The highest BCUT2D eigenvalue weighted by molar-refractivity contribution is 5.33. The highest BCUT2D eigenvalue weighted by Crippen LogP contribution is 2.40. The Kier molecular flexibility index (Phi) is 3.38. The van der Waals surface area contributed by atoms with Crippen LogP contribution in [0.1, 0.15) is 31.4 Å². The van der Waals surface area contributed by atoms with Gasteiger partial charge in [0.25, 0.3) is 0 Å². The predicted octanol–water partition coefficient (Wildman–Crippen LogP) is 1.95. The van der Waals surface area contributed by atoms with Gasteiger partial charge in [0.1, 0.15) is 5.82 Å². The summed E-state index contributed by atoms with van der Waals surface area (Å²) in [6, 6.07) is 6.52. The quantitative estimate of drug-likeness (QED) is 0.859. The Morgan fingerprint density at radius 2 is 2.28 bits per heavy atom. The van der Waals surface area contributed by atoms with Crippen molar-refractivity contribution in [1.82, 2.24) is 5.32 Å². The van der Waals surface area contributed by atoms with E-state index in [0.717, 1.165) is 0 Å². The number of nitriles is 1. The molecule has 0 bridgehead atoms. The molecule has 0 spiro atoms. The molecule has 2 unspecified atom stereocenters. The maximum absolute atomic E-state index is 13.5. The van der Waals surface area contributed by atoms with Gasteiger partial charge >= 0.3 is 0 Å². The van der Waals surface area contributed by atoms with Crippen molar-refractivity contribution in [2.45, 2.75) is 39.0 Å². The minimum Gasteiger partial charge on any atom is -0.392 e. The summed E-state index contributed by atoms with van der Waals surface area (Å²) in [5, 5.41) is 21.6. The van der Waals surface area contributed by atoms with Gasteiger partial charge in [0, 0.05) is 23.6 Å². The molecule has 1 fully saturated rings. The van der Waals surface area contributed by atoms with Gasteiger partial charge in [-0.1, -0.05) is 13.8 Å². The largest absolute Gasteiger partial charge is 0.392 e. The van der Waals surface area contributed by atoms with Crippen molar-refractivity contribution in [3.63, 3.8) is 0 Å². The summed E-state index contributed by atoms with van der Waals surface area (Å²) < 4.78 is 13.5. The Bertz CT molecular complexity index is 493. The molecule has 1 aliphatic carbocycles. The number of nitrogens with one attached hydrogen (secondary N) is 1. The van der Waals surface area contributed by atoms with Crippen molar-refractivity contribution >= 4 is 0 Å². The lowest BCUT2D eigenvalue weighted by Crippen LogP contribution is -2.59. The molecule has 2 atom stereocenters. The number of hydrogen-bond donors (Lipinski definition) is 2. The average Bonchev–Trinajstić information content (AvgIpc) is 2.36. The molecule has 0 amide bonds. The molecule has 4 heteroatoms. The van der Waals surface area contributed by atoms with Crippen LogP contribution >= 0.6 is 0 Å². The normalized spacial score (nSPS) is 25.3. The molecule has 3 nitrogen and oxygen atoms in total. The predicted molar refractivity (Wildman–Crippen MR) is 66.1 cm³/mol. The first-order chi connectivity index (χ1) is 8.45. The average molecular weight is 248 g/mol. The third kappa shape index (κ3) is 2.24. The SMILES string of the molecule is CC1(C)C(O)CC1NCc1cc(C#N)ccc1F. The van der Waals surface area contributed by atoms with Crippen LogP contribution < -0.4 is 5.32 Å². The monoisotopic (exact) mass is 248 g/mol. The first-order valence-electron chi connectivity index (χ1n) is 6.05. The number of aliphatic hydroxyl groups excluding tert-OH is 1. The summed E-state index contributed by atoms with van der Waals surface area (Å²) in [6.45, 7) is 4.35. The standard InChI is InChI=1S/C14H17FN2O/c1-14(2)12(6-13(14)18)17-8-10-5-9(7-16)3-4-11(10)15/h3-5,12-13,17-18H,6,8H2,1-2H3. The van der Waals surface area contributed by atoms with Gasteiger partial charge in [0.15, 0.2) is 0 Å². The summed E-state index contributed by atoms with van der Waals surface area (Å²) in [7, 11) is 0. The molecule has 2 rings (SSSR count). The second kappa shape index (κ2) is 4.68. The molecule has 1 aromatic carbocycles. The van der Waals surface area contributed by atoms with E-state index in [9.17, 15) is 9.50 Å². The Hall–Kier alpha value is -1.44. The van der Waals surface area contributed by atoms with E-state index in [0.29, 0.717) is 24.1 Å². The third-order valence-corrected chi connectivity index (χ3v) is 3.93. The van der Waals surface area contributed by atoms with E-state index in [4.69, 9.17) is 5.26 Å². The van der Waals surface area contributed by atoms with Gasteiger partial charge < -0.3 is 10.4 Å². The number of nitrogens with zero attached hydrogens (tertiary/aromatic N) is 1. The van der Waals surface area contributed by atoms with Gasteiger partial charge in [0.05, 0.1) is 17.7 Å². The number of benzene rings is 1. The molecule has 0 saturated heterocycles. The van der Waals surface area contributed by atoms with Crippen LogP contribution in [0.4, 0.5) is 4.39 Å². The summed E-state index contributed by atoms with van der Waals surface area (Å²) in [6.07, 6.45) is 0.386. The Morgan fingerprint density at radius 3 is 2.83 bits per heavy atom. The Labute approximate surface area is 106 Å².